The first kappa shape index (κ1) is 21.3. The van der Waals surface area contributed by atoms with Gasteiger partial charge in [0.2, 0.25) is 5.78 Å². The van der Waals surface area contributed by atoms with Gasteiger partial charge in [-0.1, -0.05) is 64.0 Å². The summed E-state index contributed by atoms with van der Waals surface area (Å²) >= 11 is 0. The number of hydrogen-bond donors (Lipinski definition) is 0. The fourth-order valence-electron chi connectivity index (χ4n) is 3.17. The van der Waals surface area contributed by atoms with Crippen molar-refractivity contribution in [3.8, 4) is 0 Å². The highest BCUT2D eigenvalue weighted by Crippen LogP contribution is 2.15. The molecule has 148 valence electrons. The molecule has 0 aliphatic carbocycles. The van der Waals surface area contributed by atoms with Crippen molar-refractivity contribution >= 4 is 17.0 Å². The van der Waals surface area contributed by atoms with Crippen LogP contribution in [0.2, 0.25) is 0 Å². The maximum Gasteiger partial charge on any atom is 0.265 e. The van der Waals surface area contributed by atoms with E-state index >= 15 is 0 Å². The Morgan fingerprint density at radius 1 is 0.963 bits per heavy atom. The van der Waals surface area contributed by atoms with Crippen molar-refractivity contribution in [1.29, 1.82) is 0 Å². The third kappa shape index (κ3) is 8.51. The fraction of sp³-hybridized carbons (Fsp3) is 0.609. The molecule has 0 aromatic carbocycles. The normalized spacial score (nSPS) is 11.6. The van der Waals surface area contributed by atoms with E-state index in [1.807, 2.05) is 0 Å². The summed E-state index contributed by atoms with van der Waals surface area (Å²) in [5.74, 6) is 0.174. The van der Waals surface area contributed by atoms with Gasteiger partial charge in [-0.15, -0.1) is 0 Å². The van der Waals surface area contributed by atoms with Crippen molar-refractivity contribution in [1.82, 2.24) is 9.97 Å². The molecule has 4 heteroatoms. The number of hydrogen-bond acceptors (Lipinski definition) is 4. The number of carbonyl (C=O) groups excluding carboxylic acids is 1. The smallest absolute Gasteiger partial charge is 0.265 e. The molecular formula is C23H34N2O2. The molecule has 0 amide bonds. The molecule has 0 atom stereocenters. The van der Waals surface area contributed by atoms with Crippen molar-refractivity contribution in [2.24, 2.45) is 0 Å². The summed E-state index contributed by atoms with van der Waals surface area (Å²) in [7, 11) is 0. The Morgan fingerprint density at radius 2 is 1.63 bits per heavy atom. The average Bonchev–Trinajstić information content (AvgIpc) is 3.12. The molecule has 2 rings (SSSR count). The number of unbranched alkanes of at least 4 members (excludes halogenated alkanes) is 10. The SMILES string of the molecule is CCCCCCCC/C=C\CCCCCCC(=O)c1nc2ncccc2o1. The third-order valence-corrected chi connectivity index (χ3v) is 4.82. The molecule has 0 bridgehead atoms. The van der Waals surface area contributed by atoms with Crippen LogP contribution >= 0.6 is 0 Å². The molecule has 0 aliphatic heterocycles. The topological polar surface area (TPSA) is 56.0 Å². The van der Waals surface area contributed by atoms with Gasteiger partial charge >= 0.3 is 0 Å². The van der Waals surface area contributed by atoms with Crippen molar-refractivity contribution in [3.05, 3.63) is 36.4 Å². The van der Waals surface area contributed by atoms with Gasteiger partial charge in [-0.3, -0.25) is 4.79 Å². The zero-order valence-corrected chi connectivity index (χ0v) is 16.8. The predicted molar refractivity (Wildman–Crippen MR) is 111 cm³/mol. The summed E-state index contributed by atoms with van der Waals surface area (Å²) < 4.78 is 5.47. The maximum absolute atomic E-state index is 12.1. The molecule has 0 unspecified atom stereocenters. The van der Waals surface area contributed by atoms with Gasteiger partial charge in [0.15, 0.2) is 11.2 Å². The lowest BCUT2D eigenvalue weighted by atomic mass is 10.1. The molecule has 0 N–H and O–H groups in total. The Bertz CT molecular complexity index is 657. The van der Waals surface area contributed by atoms with Gasteiger partial charge in [-0.2, -0.15) is 4.98 Å². The summed E-state index contributed by atoms with van der Waals surface area (Å²) in [5, 5.41) is 0. The number of nitrogens with zero attached hydrogens (tertiary/aromatic N) is 2. The minimum Gasteiger partial charge on any atom is -0.432 e. The first-order valence-electron chi connectivity index (χ1n) is 10.7. The number of rotatable bonds is 15. The van der Waals surface area contributed by atoms with E-state index in [1.165, 1.54) is 57.8 Å². The van der Waals surface area contributed by atoms with Crippen LogP contribution in [-0.4, -0.2) is 15.8 Å². The number of carbonyl (C=O) groups is 1. The number of fused-ring (bicyclic) bond motifs is 1. The van der Waals surface area contributed by atoms with Crippen LogP contribution in [0.1, 0.15) is 101 Å². The van der Waals surface area contributed by atoms with Crippen LogP contribution < -0.4 is 0 Å². The highest BCUT2D eigenvalue weighted by molar-refractivity contribution is 5.93. The molecular weight excluding hydrogens is 336 g/mol. The van der Waals surface area contributed by atoms with Crippen LogP contribution in [-0.2, 0) is 0 Å². The van der Waals surface area contributed by atoms with E-state index in [0.717, 1.165) is 19.3 Å². The van der Waals surface area contributed by atoms with E-state index in [4.69, 9.17) is 4.42 Å². The van der Waals surface area contributed by atoms with Crippen LogP contribution in [0.5, 0.6) is 0 Å². The van der Waals surface area contributed by atoms with Crippen molar-refractivity contribution in [2.45, 2.75) is 90.4 Å². The number of Topliss-reactive ketones (excluding diaryl/α,β-unsaturated/α-hetero) is 1. The first-order valence-corrected chi connectivity index (χ1v) is 10.7. The second-order valence-electron chi connectivity index (χ2n) is 7.25. The molecule has 4 nitrogen and oxygen atoms in total. The molecule has 2 aromatic heterocycles. The Labute approximate surface area is 163 Å². The lowest BCUT2D eigenvalue weighted by Gasteiger charge is -1.99. The Kier molecular flexibility index (Phi) is 10.5. The summed E-state index contributed by atoms with van der Waals surface area (Å²) in [4.78, 5) is 20.4. The second-order valence-corrected chi connectivity index (χ2v) is 7.25. The van der Waals surface area contributed by atoms with E-state index in [-0.39, 0.29) is 11.7 Å². The molecule has 2 heterocycles. The number of pyridine rings is 1. The number of aromatic nitrogens is 2. The van der Waals surface area contributed by atoms with Crippen LogP contribution in [0.3, 0.4) is 0 Å². The van der Waals surface area contributed by atoms with Gasteiger partial charge in [-0.05, 0) is 44.2 Å². The van der Waals surface area contributed by atoms with E-state index in [9.17, 15) is 4.79 Å². The van der Waals surface area contributed by atoms with Crippen LogP contribution in [0.4, 0.5) is 0 Å². The van der Waals surface area contributed by atoms with Crippen molar-refractivity contribution < 1.29 is 9.21 Å². The minimum absolute atomic E-state index is 0.0215. The zero-order valence-electron chi connectivity index (χ0n) is 16.8. The standard InChI is InChI=1S/C23H34N2O2/c1-2-3-4-5-6-7-8-9-10-11-12-13-14-15-17-20(26)23-25-22-21(27-23)18-16-19-24-22/h9-10,16,18-19H,2-8,11-15,17H2,1H3/b10-9-. The summed E-state index contributed by atoms with van der Waals surface area (Å²) in [6, 6.07) is 3.57. The van der Waals surface area contributed by atoms with Gasteiger partial charge < -0.3 is 4.42 Å². The Hall–Kier alpha value is -1.97. The third-order valence-electron chi connectivity index (χ3n) is 4.82. The molecule has 0 spiro atoms. The van der Waals surface area contributed by atoms with E-state index < -0.39 is 0 Å². The van der Waals surface area contributed by atoms with E-state index in [0.29, 0.717) is 17.7 Å². The first-order chi connectivity index (χ1) is 13.3. The second kappa shape index (κ2) is 13.2. The molecule has 0 saturated heterocycles. The van der Waals surface area contributed by atoms with Crippen LogP contribution in [0.25, 0.3) is 11.2 Å². The van der Waals surface area contributed by atoms with Gasteiger partial charge in [0.25, 0.3) is 5.89 Å². The predicted octanol–water partition coefficient (Wildman–Crippen LogP) is 7.05. The van der Waals surface area contributed by atoms with Gasteiger partial charge in [-0.25, -0.2) is 4.98 Å². The molecule has 0 aliphatic rings. The van der Waals surface area contributed by atoms with Gasteiger partial charge in [0, 0.05) is 12.6 Å². The molecule has 0 fully saturated rings. The Morgan fingerprint density at radius 3 is 2.33 bits per heavy atom. The summed E-state index contributed by atoms with van der Waals surface area (Å²) in [5.41, 5.74) is 1.09. The molecule has 27 heavy (non-hydrogen) atoms. The lowest BCUT2D eigenvalue weighted by Crippen LogP contribution is -1.99. The summed E-state index contributed by atoms with van der Waals surface area (Å²) in [6.45, 7) is 2.26. The monoisotopic (exact) mass is 370 g/mol. The zero-order chi connectivity index (χ0) is 19.2. The Balaban J connectivity index is 1.45. The fourth-order valence-corrected chi connectivity index (χ4v) is 3.17. The van der Waals surface area contributed by atoms with Crippen LogP contribution in [0, 0.1) is 0 Å². The average molecular weight is 371 g/mol. The van der Waals surface area contributed by atoms with Crippen molar-refractivity contribution in [3.63, 3.8) is 0 Å². The molecule has 0 radical (unpaired) electrons. The number of oxazole rings is 1. The quantitative estimate of drug-likeness (QED) is 0.191. The molecule has 2 aromatic rings. The maximum atomic E-state index is 12.1. The van der Waals surface area contributed by atoms with Gasteiger partial charge in [0.05, 0.1) is 0 Å². The number of ketones is 1. The van der Waals surface area contributed by atoms with E-state index in [1.54, 1.807) is 18.3 Å². The van der Waals surface area contributed by atoms with Crippen LogP contribution in [0.15, 0.2) is 34.9 Å². The highest BCUT2D eigenvalue weighted by Gasteiger charge is 2.14. The lowest BCUT2D eigenvalue weighted by molar-refractivity contribution is 0.0947. The van der Waals surface area contributed by atoms with E-state index in [2.05, 4.69) is 29.0 Å². The minimum atomic E-state index is -0.0215. The summed E-state index contributed by atoms with van der Waals surface area (Å²) in [6.07, 6.45) is 21.7. The largest absolute Gasteiger partial charge is 0.432 e. The van der Waals surface area contributed by atoms with Crippen molar-refractivity contribution in [2.75, 3.05) is 0 Å². The molecule has 0 saturated carbocycles. The highest BCUT2D eigenvalue weighted by atomic mass is 16.4. The van der Waals surface area contributed by atoms with Gasteiger partial charge in [0.1, 0.15) is 0 Å². The number of allylic oxidation sites excluding steroid dienone is 2.